The molecule has 0 spiro atoms. The average Bonchev–Trinajstić information content (AvgIpc) is 2.65. The first-order chi connectivity index (χ1) is 9.78. The topological polar surface area (TPSA) is 55.7 Å². The van der Waals surface area contributed by atoms with Crippen molar-refractivity contribution in [3.63, 3.8) is 0 Å². The summed E-state index contributed by atoms with van der Waals surface area (Å²) < 4.78 is 5.25. The largest absolute Gasteiger partial charge is 0.497 e. The van der Waals surface area contributed by atoms with Crippen molar-refractivity contribution in [3.8, 4) is 5.75 Å². The van der Waals surface area contributed by atoms with E-state index in [2.05, 4.69) is 10.6 Å². The minimum atomic E-state index is 0.0146. The Morgan fingerprint density at radius 2 is 2.15 bits per heavy atom. The molecular weight excluding hydrogens is 254 g/mol. The SMILES string of the molecule is COc1ccc2c(c1)CCN(C1CC[N]CC1)C(=O)N2. The number of piperidine rings is 1. The predicted molar refractivity (Wildman–Crippen MR) is 77.3 cm³/mol. The van der Waals surface area contributed by atoms with Gasteiger partial charge in [0.05, 0.1) is 7.11 Å². The zero-order valence-electron chi connectivity index (χ0n) is 11.8. The van der Waals surface area contributed by atoms with Crippen molar-refractivity contribution in [2.75, 3.05) is 32.1 Å². The van der Waals surface area contributed by atoms with Crippen molar-refractivity contribution >= 4 is 11.7 Å². The Morgan fingerprint density at radius 3 is 2.90 bits per heavy atom. The molecule has 0 bridgehead atoms. The Kier molecular flexibility index (Phi) is 3.78. The molecule has 1 N–H and O–H groups in total. The van der Waals surface area contributed by atoms with Crippen LogP contribution in [-0.4, -0.2) is 43.7 Å². The number of hydrogen-bond acceptors (Lipinski definition) is 2. The van der Waals surface area contributed by atoms with Gasteiger partial charge in [-0.15, -0.1) is 0 Å². The van der Waals surface area contributed by atoms with Gasteiger partial charge in [-0.3, -0.25) is 0 Å². The second-order valence-corrected chi connectivity index (χ2v) is 5.30. The summed E-state index contributed by atoms with van der Waals surface area (Å²) in [6, 6.07) is 6.15. The number of benzene rings is 1. The number of ether oxygens (including phenoxy) is 1. The van der Waals surface area contributed by atoms with Crippen LogP contribution in [0.2, 0.25) is 0 Å². The normalized spacial score (nSPS) is 20.1. The Labute approximate surface area is 119 Å². The lowest BCUT2D eigenvalue weighted by Crippen LogP contribution is -2.46. The summed E-state index contributed by atoms with van der Waals surface area (Å²) in [5, 5.41) is 7.38. The van der Waals surface area contributed by atoms with Crippen LogP contribution >= 0.6 is 0 Å². The number of hydrogen-bond donors (Lipinski definition) is 1. The second kappa shape index (κ2) is 5.71. The molecule has 2 heterocycles. The highest BCUT2D eigenvalue weighted by atomic mass is 16.5. The molecule has 0 saturated carbocycles. The highest BCUT2D eigenvalue weighted by molar-refractivity contribution is 5.91. The van der Waals surface area contributed by atoms with Gasteiger partial charge < -0.3 is 15.0 Å². The molecule has 2 aliphatic heterocycles. The molecule has 2 aliphatic rings. The van der Waals surface area contributed by atoms with Crippen molar-refractivity contribution in [1.82, 2.24) is 10.2 Å². The van der Waals surface area contributed by atoms with E-state index < -0.39 is 0 Å². The molecule has 1 fully saturated rings. The second-order valence-electron chi connectivity index (χ2n) is 5.30. The lowest BCUT2D eigenvalue weighted by Gasteiger charge is -2.33. The van der Waals surface area contributed by atoms with E-state index in [0.717, 1.165) is 55.9 Å². The van der Waals surface area contributed by atoms with Crippen LogP contribution in [-0.2, 0) is 6.42 Å². The van der Waals surface area contributed by atoms with Crippen LogP contribution in [0.25, 0.3) is 0 Å². The zero-order valence-corrected chi connectivity index (χ0v) is 11.8. The van der Waals surface area contributed by atoms with Crippen molar-refractivity contribution in [3.05, 3.63) is 23.8 Å². The molecule has 1 radical (unpaired) electrons. The quantitative estimate of drug-likeness (QED) is 0.895. The van der Waals surface area contributed by atoms with E-state index in [4.69, 9.17) is 4.74 Å². The Bertz CT molecular complexity index is 498. The minimum Gasteiger partial charge on any atom is -0.497 e. The molecule has 0 atom stereocenters. The highest BCUT2D eigenvalue weighted by Gasteiger charge is 2.28. The third kappa shape index (κ3) is 2.58. The van der Waals surface area contributed by atoms with Gasteiger partial charge in [0.15, 0.2) is 0 Å². The lowest BCUT2D eigenvalue weighted by molar-refractivity contribution is 0.172. The third-order valence-electron chi connectivity index (χ3n) is 4.12. The van der Waals surface area contributed by atoms with Crippen molar-refractivity contribution in [1.29, 1.82) is 0 Å². The lowest BCUT2D eigenvalue weighted by atomic mass is 10.0. The maximum absolute atomic E-state index is 12.4. The number of anilines is 1. The van der Waals surface area contributed by atoms with Gasteiger partial charge in [0.2, 0.25) is 0 Å². The molecule has 5 nitrogen and oxygen atoms in total. The van der Waals surface area contributed by atoms with Crippen molar-refractivity contribution < 1.29 is 9.53 Å². The van der Waals surface area contributed by atoms with Gasteiger partial charge in [0.25, 0.3) is 0 Å². The molecule has 1 aromatic carbocycles. The van der Waals surface area contributed by atoms with E-state index in [9.17, 15) is 4.79 Å². The summed E-state index contributed by atoms with van der Waals surface area (Å²) in [5.74, 6) is 0.836. The molecule has 1 saturated heterocycles. The first-order valence-corrected chi connectivity index (χ1v) is 7.16. The van der Waals surface area contributed by atoms with Gasteiger partial charge in [-0.1, -0.05) is 0 Å². The number of rotatable bonds is 2. The van der Waals surface area contributed by atoms with Crippen LogP contribution in [0.4, 0.5) is 10.5 Å². The summed E-state index contributed by atoms with van der Waals surface area (Å²) in [4.78, 5) is 14.4. The molecule has 3 rings (SSSR count). The van der Waals surface area contributed by atoms with E-state index in [1.54, 1.807) is 7.11 Å². The molecule has 20 heavy (non-hydrogen) atoms. The molecule has 5 heteroatoms. The van der Waals surface area contributed by atoms with E-state index >= 15 is 0 Å². The number of carbonyl (C=O) groups excluding carboxylic acids is 1. The average molecular weight is 274 g/mol. The van der Waals surface area contributed by atoms with E-state index in [1.807, 2.05) is 23.1 Å². The van der Waals surface area contributed by atoms with Crippen LogP contribution < -0.4 is 15.4 Å². The van der Waals surface area contributed by atoms with Gasteiger partial charge in [0, 0.05) is 31.4 Å². The first kappa shape index (κ1) is 13.2. The smallest absolute Gasteiger partial charge is 0.322 e. The minimum absolute atomic E-state index is 0.0146. The van der Waals surface area contributed by atoms with Gasteiger partial charge >= 0.3 is 6.03 Å². The fourth-order valence-electron chi connectivity index (χ4n) is 2.95. The molecular formula is C15H20N3O2. The standard InChI is InChI=1S/C15H20N3O2/c1-20-13-2-3-14-11(10-13)6-9-18(15(19)17-14)12-4-7-16-8-5-12/h2-3,10,12H,4-9H2,1H3,(H,17,19). The van der Waals surface area contributed by atoms with Crippen LogP contribution in [0.15, 0.2) is 18.2 Å². The monoisotopic (exact) mass is 274 g/mol. The number of fused-ring (bicyclic) bond motifs is 1. The fourth-order valence-corrected chi connectivity index (χ4v) is 2.95. The highest BCUT2D eigenvalue weighted by Crippen LogP contribution is 2.27. The van der Waals surface area contributed by atoms with Crippen LogP contribution in [0.5, 0.6) is 5.75 Å². The van der Waals surface area contributed by atoms with E-state index in [1.165, 1.54) is 0 Å². The van der Waals surface area contributed by atoms with Crippen LogP contribution in [0, 0.1) is 0 Å². The molecule has 0 aliphatic carbocycles. The summed E-state index contributed by atoms with van der Waals surface area (Å²) in [6.07, 6.45) is 2.82. The van der Waals surface area contributed by atoms with Gasteiger partial charge in [-0.25, -0.2) is 10.1 Å². The van der Waals surface area contributed by atoms with Gasteiger partial charge in [0.1, 0.15) is 5.75 Å². The number of urea groups is 1. The molecule has 0 unspecified atom stereocenters. The van der Waals surface area contributed by atoms with Gasteiger partial charge in [-0.05, 0) is 43.0 Å². The molecule has 107 valence electrons. The summed E-state index contributed by atoms with van der Waals surface area (Å²) in [6.45, 7) is 2.50. The third-order valence-corrected chi connectivity index (χ3v) is 4.12. The Balaban J connectivity index is 1.78. The summed E-state index contributed by atoms with van der Waals surface area (Å²) in [5.41, 5.74) is 2.04. The molecule has 2 amide bonds. The van der Waals surface area contributed by atoms with Crippen LogP contribution in [0.1, 0.15) is 18.4 Å². The number of amides is 2. The van der Waals surface area contributed by atoms with Crippen molar-refractivity contribution in [2.24, 2.45) is 0 Å². The molecule has 1 aromatic rings. The number of carbonyl (C=O) groups is 1. The molecule has 0 aromatic heterocycles. The summed E-state index contributed by atoms with van der Waals surface area (Å²) in [7, 11) is 1.66. The fraction of sp³-hybridized carbons (Fsp3) is 0.533. The Morgan fingerprint density at radius 1 is 1.35 bits per heavy atom. The maximum Gasteiger partial charge on any atom is 0.322 e. The number of nitrogens with zero attached hydrogens (tertiary/aromatic N) is 2. The predicted octanol–water partition coefficient (Wildman–Crippen LogP) is 1.85. The van der Waals surface area contributed by atoms with Gasteiger partial charge in [-0.2, -0.15) is 0 Å². The zero-order chi connectivity index (χ0) is 13.9. The van der Waals surface area contributed by atoms with E-state index in [-0.39, 0.29) is 6.03 Å². The van der Waals surface area contributed by atoms with Crippen LogP contribution in [0.3, 0.4) is 0 Å². The van der Waals surface area contributed by atoms with E-state index in [0.29, 0.717) is 6.04 Å². The number of nitrogens with one attached hydrogen (secondary N) is 1. The maximum atomic E-state index is 12.4. The summed E-state index contributed by atoms with van der Waals surface area (Å²) >= 11 is 0. The first-order valence-electron chi connectivity index (χ1n) is 7.16. The van der Waals surface area contributed by atoms with Crippen molar-refractivity contribution in [2.45, 2.75) is 25.3 Å². The number of methoxy groups -OCH3 is 1. The Hall–Kier alpha value is -1.75.